The average Bonchev–Trinajstić information content (AvgIpc) is 3.16. The van der Waals surface area contributed by atoms with E-state index in [1.807, 2.05) is 22.4 Å². The smallest absolute Gasteiger partial charge is 0.264 e. The van der Waals surface area contributed by atoms with Crippen LogP contribution in [-0.2, 0) is 6.42 Å². The highest BCUT2D eigenvalue weighted by molar-refractivity contribution is 7.12. The van der Waals surface area contributed by atoms with E-state index < -0.39 is 0 Å². The zero-order chi connectivity index (χ0) is 16.5. The first-order valence-corrected chi connectivity index (χ1v) is 9.11. The highest BCUT2D eigenvalue weighted by Crippen LogP contribution is 2.36. The third kappa shape index (κ3) is 2.65. The maximum Gasteiger partial charge on any atom is 0.264 e. The van der Waals surface area contributed by atoms with E-state index in [1.165, 1.54) is 33.6 Å². The molecule has 0 saturated carbocycles. The van der Waals surface area contributed by atoms with E-state index in [2.05, 4.69) is 55.5 Å². The molecule has 4 rings (SSSR count). The largest absolute Gasteiger partial charge is 0.326 e. The number of amides is 1. The number of fused-ring (bicyclic) bond motifs is 1. The fourth-order valence-corrected chi connectivity index (χ4v) is 4.11. The minimum atomic E-state index is -0.00912. The molecule has 2 aromatic carbocycles. The average molecular weight is 333 g/mol. The maximum atomic E-state index is 13.1. The van der Waals surface area contributed by atoms with Gasteiger partial charge in [-0.25, -0.2) is 0 Å². The quantitative estimate of drug-likeness (QED) is 0.657. The summed E-state index contributed by atoms with van der Waals surface area (Å²) < 4.78 is 0. The molecular weight excluding hydrogens is 314 g/mol. The fourth-order valence-electron chi connectivity index (χ4n) is 3.44. The minimum Gasteiger partial charge on any atom is -0.326 e. The molecule has 120 valence electrons. The van der Waals surface area contributed by atoms with Crippen molar-refractivity contribution in [3.8, 4) is 0 Å². The number of thiophene rings is 1. The lowest BCUT2D eigenvalue weighted by atomic mass is 9.88. The number of carbonyl (C=O) groups excluding carboxylic acids is 1. The molecule has 1 amide bonds. The Bertz CT molecular complexity index is 852. The van der Waals surface area contributed by atoms with Gasteiger partial charge in [0.25, 0.3) is 5.91 Å². The summed E-state index contributed by atoms with van der Waals surface area (Å²) >= 11 is 1.51. The van der Waals surface area contributed by atoms with Gasteiger partial charge < -0.3 is 4.90 Å². The lowest BCUT2D eigenvalue weighted by Gasteiger charge is -2.37. The van der Waals surface area contributed by atoms with Crippen LogP contribution in [0.1, 0.15) is 38.0 Å². The summed E-state index contributed by atoms with van der Waals surface area (Å²) in [6, 6.07) is 20.9. The summed E-state index contributed by atoms with van der Waals surface area (Å²) in [5.41, 5.74) is 5.01. The zero-order valence-corrected chi connectivity index (χ0v) is 14.4. The van der Waals surface area contributed by atoms with Gasteiger partial charge in [0, 0.05) is 6.54 Å². The summed E-state index contributed by atoms with van der Waals surface area (Å²) in [4.78, 5) is 15.9. The van der Waals surface area contributed by atoms with Crippen molar-refractivity contribution in [3.63, 3.8) is 0 Å². The first-order valence-electron chi connectivity index (χ1n) is 8.23. The van der Waals surface area contributed by atoms with Crippen molar-refractivity contribution in [2.24, 2.45) is 0 Å². The van der Waals surface area contributed by atoms with Gasteiger partial charge in [-0.05, 0) is 41.5 Å². The van der Waals surface area contributed by atoms with E-state index in [4.69, 9.17) is 0 Å². The van der Waals surface area contributed by atoms with E-state index in [0.717, 1.165) is 17.8 Å². The monoisotopic (exact) mass is 333 g/mol. The molecule has 1 aliphatic heterocycles. The second-order valence-corrected chi connectivity index (χ2v) is 7.19. The lowest BCUT2D eigenvalue weighted by Crippen LogP contribution is -2.40. The van der Waals surface area contributed by atoms with Crippen molar-refractivity contribution in [2.45, 2.75) is 19.4 Å². The Morgan fingerprint density at radius 3 is 2.58 bits per heavy atom. The number of carbonyl (C=O) groups is 1. The van der Waals surface area contributed by atoms with Gasteiger partial charge in [-0.1, -0.05) is 60.2 Å². The molecule has 1 aliphatic rings. The highest BCUT2D eigenvalue weighted by atomic mass is 32.1. The Morgan fingerprint density at radius 2 is 1.83 bits per heavy atom. The van der Waals surface area contributed by atoms with E-state index in [-0.39, 0.29) is 11.9 Å². The normalized spacial score (nSPS) is 16.7. The van der Waals surface area contributed by atoms with Gasteiger partial charge in [0.1, 0.15) is 0 Å². The topological polar surface area (TPSA) is 20.3 Å². The Labute approximate surface area is 146 Å². The number of benzene rings is 2. The summed E-state index contributed by atoms with van der Waals surface area (Å²) in [7, 11) is 0. The summed E-state index contributed by atoms with van der Waals surface area (Å²) in [5.74, 6) is 0.130. The molecule has 0 unspecified atom stereocenters. The van der Waals surface area contributed by atoms with E-state index >= 15 is 0 Å². The SMILES string of the molecule is Cc1ccc([C@@H]2c3ccccc3CCN2C(=O)c2cccs2)cc1. The molecule has 0 radical (unpaired) electrons. The molecule has 2 heterocycles. The van der Waals surface area contributed by atoms with E-state index in [0.29, 0.717) is 0 Å². The van der Waals surface area contributed by atoms with Crippen molar-refractivity contribution in [1.29, 1.82) is 0 Å². The number of hydrogen-bond donors (Lipinski definition) is 0. The first kappa shape index (κ1) is 15.2. The van der Waals surface area contributed by atoms with Crippen LogP contribution in [0.25, 0.3) is 0 Å². The molecule has 2 nitrogen and oxygen atoms in total. The van der Waals surface area contributed by atoms with Crippen LogP contribution in [0, 0.1) is 6.92 Å². The van der Waals surface area contributed by atoms with Crippen LogP contribution in [-0.4, -0.2) is 17.4 Å². The Hall–Kier alpha value is -2.39. The molecule has 0 bridgehead atoms. The second kappa shape index (κ2) is 6.25. The maximum absolute atomic E-state index is 13.1. The lowest BCUT2D eigenvalue weighted by molar-refractivity contribution is 0.0699. The first-order chi connectivity index (χ1) is 11.7. The van der Waals surface area contributed by atoms with Gasteiger partial charge in [0.2, 0.25) is 0 Å². The van der Waals surface area contributed by atoms with Crippen molar-refractivity contribution in [3.05, 3.63) is 93.2 Å². The summed E-state index contributed by atoms with van der Waals surface area (Å²) in [6.45, 7) is 2.85. The Morgan fingerprint density at radius 1 is 1.04 bits per heavy atom. The molecule has 1 atom stereocenters. The molecule has 0 spiro atoms. The molecular formula is C21H19NOS. The third-order valence-electron chi connectivity index (χ3n) is 4.67. The van der Waals surface area contributed by atoms with Crippen molar-refractivity contribution >= 4 is 17.2 Å². The van der Waals surface area contributed by atoms with Gasteiger partial charge >= 0.3 is 0 Å². The highest BCUT2D eigenvalue weighted by Gasteiger charge is 2.32. The number of nitrogens with zero attached hydrogens (tertiary/aromatic N) is 1. The van der Waals surface area contributed by atoms with Crippen LogP contribution >= 0.6 is 11.3 Å². The number of rotatable bonds is 2. The molecule has 0 aliphatic carbocycles. The van der Waals surface area contributed by atoms with Gasteiger partial charge in [-0.3, -0.25) is 4.79 Å². The van der Waals surface area contributed by atoms with Crippen molar-refractivity contribution in [1.82, 2.24) is 4.90 Å². The van der Waals surface area contributed by atoms with Gasteiger partial charge in [0.05, 0.1) is 10.9 Å². The van der Waals surface area contributed by atoms with Gasteiger partial charge in [-0.2, -0.15) is 0 Å². The van der Waals surface area contributed by atoms with Crippen LogP contribution in [0.5, 0.6) is 0 Å². The fraction of sp³-hybridized carbons (Fsp3) is 0.190. The van der Waals surface area contributed by atoms with Crippen molar-refractivity contribution in [2.75, 3.05) is 6.54 Å². The molecule has 0 N–H and O–H groups in total. The summed E-state index contributed by atoms with van der Waals surface area (Å²) in [5, 5.41) is 1.96. The van der Waals surface area contributed by atoms with Crippen LogP contribution in [0.2, 0.25) is 0 Å². The van der Waals surface area contributed by atoms with Crippen LogP contribution in [0.3, 0.4) is 0 Å². The molecule has 0 saturated heterocycles. The van der Waals surface area contributed by atoms with Crippen LogP contribution in [0.4, 0.5) is 0 Å². The molecule has 3 heteroatoms. The number of hydrogen-bond acceptors (Lipinski definition) is 2. The molecule has 1 aromatic heterocycles. The standard InChI is InChI=1S/C21H19NOS/c1-15-8-10-17(11-9-15)20-18-6-3-2-5-16(18)12-13-22(20)21(23)19-7-4-14-24-19/h2-11,14,20H,12-13H2,1H3/t20-/m1/s1. The van der Waals surface area contributed by atoms with E-state index in [1.54, 1.807) is 0 Å². The second-order valence-electron chi connectivity index (χ2n) is 6.24. The molecule has 0 fully saturated rings. The van der Waals surface area contributed by atoms with Crippen LogP contribution < -0.4 is 0 Å². The van der Waals surface area contributed by atoms with Crippen LogP contribution in [0.15, 0.2) is 66.0 Å². The zero-order valence-electron chi connectivity index (χ0n) is 13.6. The van der Waals surface area contributed by atoms with Gasteiger partial charge in [-0.15, -0.1) is 11.3 Å². The number of aryl methyl sites for hydroxylation is 1. The van der Waals surface area contributed by atoms with E-state index in [9.17, 15) is 4.79 Å². The Kier molecular flexibility index (Phi) is 3.95. The predicted octanol–water partition coefficient (Wildman–Crippen LogP) is 4.84. The minimum absolute atomic E-state index is 0.00912. The van der Waals surface area contributed by atoms with Gasteiger partial charge in [0.15, 0.2) is 0 Å². The Balaban J connectivity index is 1.81. The molecule has 24 heavy (non-hydrogen) atoms. The molecule has 3 aromatic rings. The predicted molar refractivity (Wildman–Crippen MR) is 98.5 cm³/mol. The van der Waals surface area contributed by atoms with Crippen molar-refractivity contribution < 1.29 is 4.79 Å². The third-order valence-corrected chi connectivity index (χ3v) is 5.53. The summed E-state index contributed by atoms with van der Waals surface area (Å²) in [6.07, 6.45) is 0.912.